The molecule has 9 nitrogen and oxygen atoms in total. The summed E-state index contributed by atoms with van der Waals surface area (Å²) in [5, 5.41) is 33.3. The Morgan fingerprint density at radius 1 is 1.57 bits per heavy atom. The Balaban J connectivity index is 2.20. The van der Waals surface area contributed by atoms with Gasteiger partial charge in [0.2, 0.25) is 5.79 Å². The van der Waals surface area contributed by atoms with E-state index in [1.165, 1.54) is 0 Å². The summed E-state index contributed by atoms with van der Waals surface area (Å²) in [5.41, 5.74) is 2.97. The zero-order valence-corrected chi connectivity index (χ0v) is 11.6. The molecule has 124 valence electrons. The summed E-state index contributed by atoms with van der Waals surface area (Å²) in [4.78, 5) is 7.03. The highest BCUT2D eigenvalue weighted by Crippen LogP contribution is 2.45. The van der Waals surface area contributed by atoms with Gasteiger partial charge in [-0.05, 0) is 0 Å². The van der Waals surface area contributed by atoms with E-state index in [0.29, 0.717) is 4.52 Å². The second kappa shape index (κ2) is 4.89. The fourth-order valence-corrected chi connectivity index (χ4v) is 2.53. The van der Waals surface area contributed by atoms with Crippen molar-refractivity contribution in [3.8, 4) is 0 Å². The van der Waals surface area contributed by atoms with Crippen molar-refractivity contribution >= 4 is 11.5 Å². The average Bonchev–Trinajstić information content (AvgIpc) is 3.02. The van der Waals surface area contributed by atoms with Gasteiger partial charge in [-0.3, -0.25) is 0 Å². The second-order valence-corrected chi connectivity index (χ2v) is 5.11. The number of rotatable bonds is 3. The lowest BCUT2D eigenvalue weighted by atomic mass is 9.95. The number of imidazole rings is 1. The van der Waals surface area contributed by atoms with Crippen molar-refractivity contribution < 1.29 is 28.8 Å². The van der Waals surface area contributed by atoms with Crippen LogP contribution < -0.4 is 5.73 Å². The number of nitrogens with two attached hydrogens (primary N) is 1. The number of ether oxygens (including phenoxy) is 1. The molecule has 1 fully saturated rings. The van der Waals surface area contributed by atoms with Crippen LogP contribution in [0.1, 0.15) is 5.69 Å². The van der Waals surface area contributed by atoms with Crippen molar-refractivity contribution in [2.24, 2.45) is 0 Å². The van der Waals surface area contributed by atoms with Gasteiger partial charge >= 0.3 is 6.08 Å². The van der Waals surface area contributed by atoms with Crippen LogP contribution in [0.2, 0.25) is 0 Å². The minimum Gasteiger partial charge on any atom is -0.393 e. The zero-order chi connectivity index (χ0) is 17.0. The van der Waals surface area contributed by atoms with Gasteiger partial charge in [0.25, 0.3) is 0 Å². The molecule has 3 rings (SSSR count). The summed E-state index contributed by atoms with van der Waals surface area (Å²) in [7, 11) is 0. The van der Waals surface area contributed by atoms with E-state index in [9.17, 15) is 24.1 Å². The SMILES string of the molecule is C=C[C@]1(CO)O[C@@](O)(c2cnc3c(N)nc(F)nn23)[C@H](F)[C@@H]1O. The minimum absolute atomic E-state index is 0.139. The molecule has 2 aromatic rings. The average molecular weight is 329 g/mol. The Bertz CT molecular complexity index is 786. The number of hydrogen-bond acceptors (Lipinski definition) is 8. The summed E-state index contributed by atoms with van der Waals surface area (Å²) in [6.07, 6.45) is -3.63. The van der Waals surface area contributed by atoms with Crippen molar-refractivity contribution in [3.63, 3.8) is 0 Å². The maximum atomic E-state index is 14.5. The first-order valence-corrected chi connectivity index (χ1v) is 6.45. The first kappa shape index (κ1) is 15.7. The molecule has 0 bridgehead atoms. The van der Waals surface area contributed by atoms with Gasteiger partial charge in [-0.1, -0.05) is 6.08 Å². The van der Waals surface area contributed by atoms with Crippen LogP contribution in [0.5, 0.6) is 0 Å². The fraction of sp³-hybridized carbons (Fsp3) is 0.417. The van der Waals surface area contributed by atoms with E-state index in [1.807, 2.05) is 0 Å². The number of nitrogen functional groups attached to an aromatic ring is 1. The first-order chi connectivity index (χ1) is 10.8. The molecule has 0 aromatic carbocycles. The number of fused-ring (bicyclic) bond motifs is 1. The maximum absolute atomic E-state index is 14.5. The van der Waals surface area contributed by atoms with Gasteiger partial charge in [-0.2, -0.15) is 9.37 Å². The van der Waals surface area contributed by atoms with Crippen molar-refractivity contribution in [1.82, 2.24) is 19.6 Å². The normalized spacial score (nSPS) is 34.1. The van der Waals surface area contributed by atoms with Gasteiger partial charge < -0.3 is 25.8 Å². The number of alkyl halides is 1. The minimum atomic E-state index is -2.76. The Labute approximate surface area is 127 Å². The standard InChI is InChI=1S/C12H13F2N5O4/c1-2-11(4-20)7(21)6(13)12(22,23-11)5-3-16-9-8(15)17-10(14)18-19(5)9/h2-3,6-7,20-22H,1,4H2,(H2,15,17,18)/t6-,7+,11-,12+/m1/s1. The van der Waals surface area contributed by atoms with E-state index in [4.69, 9.17) is 10.5 Å². The smallest absolute Gasteiger partial charge is 0.328 e. The van der Waals surface area contributed by atoms with E-state index in [-0.39, 0.29) is 11.5 Å². The molecule has 1 aliphatic rings. The third-order valence-electron chi connectivity index (χ3n) is 3.82. The van der Waals surface area contributed by atoms with Crippen molar-refractivity contribution in [2.45, 2.75) is 23.7 Å². The molecule has 2 aromatic heterocycles. The molecule has 5 N–H and O–H groups in total. The van der Waals surface area contributed by atoms with E-state index in [2.05, 4.69) is 21.6 Å². The van der Waals surface area contributed by atoms with E-state index in [1.54, 1.807) is 0 Å². The molecular formula is C12H13F2N5O4. The zero-order valence-electron chi connectivity index (χ0n) is 11.6. The first-order valence-electron chi connectivity index (χ1n) is 6.45. The maximum Gasteiger partial charge on any atom is 0.328 e. The van der Waals surface area contributed by atoms with Crippen molar-refractivity contribution in [3.05, 3.63) is 30.6 Å². The monoisotopic (exact) mass is 329 g/mol. The van der Waals surface area contributed by atoms with Crippen LogP contribution >= 0.6 is 0 Å². The number of aliphatic hydroxyl groups excluding tert-OH is 2. The van der Waals surface area contributed by atoms with E-state index < -0.39 is 42.0 Å². The van der Waals surface area contributed by atoms with Crippen LogP contribution in [0.25, 0.3) is 5.65 Å². The lowest BCUT2D eigenvalue weighted by Gasteiger charge is -2.27. The number of aromatic nitrogens is 4. The fourth-order valence-electron chi connectivity index (χ4n) is 2.53. The number of anilines is 1. The van der Waals surface area contributed by atoms with Crippen molar-refractivity contribution in [1.29, 1.82) is 0 Å². The van der Waals surface area contributed by atoms with Gasteiger partial charge in [0.1, 0.15) is 17.4 Å². The summed E-state index contributed by atoms with van der Waals surface area (Å²) in [6.45, 7) is 2.51. The summed E-state index contributed by atoms with van der Waals surface area (Å²) >= 11 is 0. The van der Waals surface area contributed by atoms with Gasteiger partial charge in [0.15, 0.2) is 17.6 Å². The quantitative estimate of drug-likeness (QED) is 0.506. The molecule has 0 radical (unpaired) electrons. The van der Waals surface area contributed by atoms with Gasteiger partial charge in [-0.25, -0.2) is 13.9 Å². The largest absolute Gasteiger partial charge is 0.393 e. The van der Waals surface area contributed by atoms with Crippen molar-refractivity contribution in [2.75, 3.05) is 12.3 Å². The molecule has 23 heavy (non-hydrogen) atoms. The van der Waals surface area contributed by atoms with Crippen LogP contribution in [0, 0.1) is 6.08 Å². The van der Waals surface area contributed by atoms with Gasteiger partial charge in [0.05, 0.1) is 12.8 Å². The second-order valence-electron chi connectivity index (χ2n) is 5.11. The van der Waals surface area contributed by atoms with Crippen LogP contribution in [-0.2, 0) is 10.5 Å². The third-order valence-corrected chi connectivity index (χ3v) is 3.82. The molecule has 0 spiro atoms. The predicted octanol–water partition coefficient (Wildman–Crippen LogP) is -1.36. The molecule has 1 saturated heterocycles. The van der Waals surface area contributed by atoms with Crippen LogP contribution in [-0.4, -0.2) is 59.4 Å². The number of hydrogen-bond donors (Lipinski definition) is 4. The summed E-state index contributed by atoms with van der Waals surface area (Å²) < 4.78 is 33.8. The number of halogens is 2. The van der Waals surface area contributed by atoms with Crippen LogP contribution in [0.4, 0.5) is 14.6 Å². The number of nitrogens with zero attached hydrogens (tertiary/aromatic N) is 4. The highest BCUT2D eigenvalue weighted by Gasteiger charge is 2.63. The highest BCUT2D eigenvalue weighted by atomic mass is 19.1. The van der Waals surface area contributed by atoms with Gasteiger partial charge in [-0.15, -0.1) is 11.7 Å². The van der Waals surface area contributed by atoms with Gasteiger partial charge in [0, 0.05) is 0 Å². The topological polar surface area (TPSA) is 139 Å². The Morgan fingerprint density at radius 2 is 2.26 bits per heavy atom. The molecular weight excluding hydrogens is 316 g/mol. The Kier molecular flexibility index (Phi) is 3.33. The molecule has 0 aliphatic carbocycles. The molecule has 0 saturated carbocycles. The summed E-state index contributed by atoms with van der Waals surface area (Å²) in [5.74, 6) is -3.10. The summed E-state index contributed by atoms with van der Waals surface area (Å²) in [6, 6.07) is 0. The van der Waals surface area contributed by atoms with Crippen LogP contribution in [0.3, 0.4) is 0 Å². The Hall–Kier alpha value is -2.21. The number of aliphatic hydroxyl groups is 3. The molecule has 0 amide bonds. The molecule has 4 atom stereocenters. The van der Waals surface area contributed by atoms with E-state index >= 15 is 0 Å². The molecule has 1 aliphatic heterocycles. The third kappa shape index (κ3) is 1.94. The van der Waals surface area contributed by atoms with Crippen LogP contribution in [0.15, 0.2) is 18.9 Å². The lowest BCUT2D eigenvalue weighted by molar-refractivity contribution is -0.247. The molecule has 3 heterocycles. The van der Waals surface area contributed by atoms with E-state index in [0.717, 1.165) is 12.3 Å². The molecule has 0 unspecified atom stereocenters. The predicted molar refractivity (Wildman–Crippen MR) is 71.1 cm³/mol. The highest BCUT2D eigenvalue weighted by molar-refractivity contribution is 5.59. The lowest BCUT2D eigenvalue weighted by Crippen LogP contribution is -2.43. The molecule has 11 heteroatoms. The Morgan fingerprint density at radius 3 is 2.83 bits per heavy atom.